The van der Waals surface area contributed by atoms with Gasteiger partial charge < -0.3 is 0 Å². The molecule has 0 bridgehead atoms. The van der Waals surface area contributed by atoms with Gasteiger partial charge >= 0.3 is 0 Å². The number of amides is 1. The minimum Gasteiger partial charge on any atom is -0.265 e. The Morgan fingerprint density at radius 1 is 1.53 bits per heavy atom. The van der Waals surface area contributed by atoms with Crippen molar-refractivity contribution in [3.63, 3.8) is 0 Å². The van der Waals surface area contributed by atoms with E-state index < -0.39 is 5.54 Å². The average molecular weight is 253 g/mol. The van der Waals surface area contributed by atoms with Crippen LogP contribution in [0.1, 0.15) is 31.3 Å². The van der Waals surface area contributed by atoms with Gasteiger partial charge in [0.05, 0.1) is 5.54 Å². The maximum Gasteiger partial charge on any atom is 0.293 e. The van der Waals surface area contributed by atoms with Crippen LogP contribution in [0.4, 0.5) is 0 Å². The number of carbonyl (C=O) groups is 1. The summed E-state index contributed by atoms with van der Waals surface area (Å²) in [6, 6.07) is 1.56. The molecular weight excluding hydrogens is 240 g/mol. The van der Waals surface area contributed by atoms with Gasteiger partial charge in [-0.3, -0.25) is 4.79 Å². The van der Waals surface area contributed by atoms with Gasteiger partial charge in [0.1, 0.15) is 17.2 Å². The first kappa shape index (κ1) is 12.0. The van der Waals surface area contributed by atoms with E-state index in [9.17, 15) is 4.79 Å². The summed E-state index contributed by atoms with van der Waals surface area (Å²) in [7, 11) is 0. The van der Waals surface area contributed by atoms with E-state index in [1.165, 1.54) is 17.5 Å². The molecule has 0 N–H and O–H groups in total. The molecule has 1 aromatic rings. The number of hydrogen-bond donors (Lipinski definition) is 0. The maximum atomic E-state index is 12.2. The molecule has 0 saturated carbocycles. The Morgan fingerprint density at radius 2 is 2.24 bits per heavy atom. The Morgan fingerprint density at radius 3 is 2.71 bits per heavy atom. The van der Waals surface area contributed by atoms with Crippen LogP contribution < -0.4 is 0 Å². The minimum atomic E-state index is -0.445. The summed E-state index contributed by atoms with van der Waals surface area (Å²) in [5, 5.41) is 5.94. The summed E-state index contributed by atoms with van der Waals surface area (Å²) in [6.45, 7) is 5.80. The average Bonchev–Trinajstić information content (AvgIpc) is 2.53. The molecule has 2 rings (SSSR count). The van der Waals surface area contributed by atoms with Crippen LogP contribution in [0.5, 0.6) is 0 Å². The van der Waals surface area contributed by atoms with E-state index in [1.54, 1.807) is 6.07 Å². The molecule has 0 aromatic carbocycles. The predicted molar refractivity (Wildman–Crippen MR) is 64.7 cm³/mol. The van der Waals surface area contributed by atoms with Crippen molar-refractivity contribution in [2.24, 2.45) is 11.0 Å². The lowest BCUT2D eigenvalue weighted by molar-refractivity contribution is 0.0554. The van der Waals surface area contributed by atoms with Gasteiger partial charge in [-0.05, 0) is 19.9 Å². The van der Waals surface area contributed by atoms with Crippen LogP contribution in [0.2, 0.25) is 0 Å². The third kappa shape index (κ3) is 1.91. The molecule has 5 nitrogen and oxygen atoms in total. The van der Waals surface area contributed by atoms with Crippen molar-refractivity contribution in [2.45, 2.75) is 26.3 Å². The highest BCUT2D eigenvalue weighted by Gasteiger charge is 2.44. The smallest absolute Gasteiger partial charge is 0.265 e. The molecule has 0 spiro atoms. The molecule has 0 aliphatic carbocycles. The van der Waals surface area contributed by atoms with E-state index in [-0.39, 0.29) is 11.8 Å². The van der Waals surface area contributed by atoms with Gasteiger partial charge in [-0.1, -0.05) is 18.5 Å². The third-order valence-corrected chi connectivity index (χ3v) is 3.55. The van der Waals surface area contributed by atoms with Crippen molar-refractivity contribution < 1.29 is 4.79 Å². The van der Waals surface area contributed by atoms with Crippen molar-refractivity contribution in [1.29, 1.82) is 0 Å². The zero-order valence-corrected chi connectivity index (χ0v) is 10.6. The first-order valence-corrected chi connectivity index (χ1v) is 5.67. The number of halogens is 1. The number of rotatable bonds is 1. The number of aromatic nitrogens is 2. The Kier molecular flexibility index (Phi) is 2.87. The van der Waals surface area contributed by atoms with Crippen LogP contribution in [-0.4, -0.2) is 31.6 Å². The zero-order chi connectivity index (χ0) is 12.6. The minimum absolute atomic E-state index is 0.00922. The number of carbonyl (C=O) groups excluding carboxylic acids is 1. The van der Waals surface area contributed by atoms with Gasteiger partial charge in [-0.15, -0.1) is 0 Å². The number of hydrogen-bond acceptors (Lipinski definition) is 4. The van der Waals surface area contributed by atoms with Crippen molar-refractivity contribution in [3.05, 3.63) is 24.3 Å². The second-order valence-corrected chi connectivity index (χ2v) is 4.90. The lowest BCUT2D eigenvalue weighted by Crippen LogP contribution is -2.45. The van der Waals surface area contributed by atoms with Crippen LogP contribution in [-0.2, 0) is 0 Å². The SMILES string of the molecule is CC1C(Cl)=NN(C(=O)c2ccncn2)C1(C)C. The summed E-state index contributed by atoms with van der Waals surface area (Å²) in [5.41, 5.74) is -0.130. The van der Waals surface area contributed by atoms with Crippen LogP contribution in [0.15, 0.2) is 23.7 Å². The Labute approximate surface area is 105 Å². The lowest BCUT2D eigenvalue weighted by Gasteiger charge is -2.31. The van der Waals surface area contributed by atoms with Crippen LogP contribution in [0.3, 0.4) is 0 Å². The molecule has 6 heteroatoms. The van der Waals surface area contributed by atoms with E-state index in [0.717, 1.165) is 0 Å². The van der Waals surface area contributed by atoms with E-state index in [4.69, 9.17) is 11.6 Å². The quantitative estimate of drug-likeness (QED) is 0.767. The molecule has 0 saturated heterocycles. The van der Waals surface area contributed by atoms with E-state index in [2.05, 4.69) is 15.1 Å². The summed E-state index contributed by atoms with van der Waals surface area (Å²) in [6.07, 6.45) is 2.86. The van der Waals surface area contributed by atoms with Gasteiger partial charge in [-0.25, -0.2) is 15.0 Å². The molecule has 1 unspecified atom stereocenters. The lowest BCUT2D eigenvalue weighted by atomic mass is 9.90. The Bertz CT molecular complexity index is 472. The predicted octanol–water partition coefficient (Wildman–Crippen LogP) is 1.90. The molecule has 90 valence electrons. The molecule has 1 aliphatic rings. The standard InChI is InChI=1S/C11H13ClN4O/c1-7-9(12)15-16(11(7,2)3)10(17)8-4-5-13-6-14-8/h4-7H,1-3H3. The zero-order valence-electron chi connectivity index (χ0n) is 9.88. The topological polar surface area (TPSA) is 58.5 Å². The highest BCUT2D eigenvalue weighted by Crippen LogP contribution is 2.34. The third-order valence-electron chi connectivity index (χ3n) is 3.15. The van der Waals surface area contributed by atoms with E-state index in [0.29, 0.717) is 10.9 Å². The number of nitrogens with zero attached hydrogens (tertiary/aromatic N) is 4. The fourth-order valence-electron chi connectivity index (χ4n) is 1.62. The molecule has 1 atom stereocenters. The van der Waals surface area contributed by atoms with Gasteiger partial charge in [-0.2, -0.15) is 5.10 Å². The fraction of sp³-hybridized carbons (Fsp3) is 0.455. The molecule has 1 amide bonds. The highest BCUT2D eigenvalue weighted by atomic mass is 35.5. The summed E-state index contributed by atoms with van der Waals surface area (Å²) in [5.74, 6) is -0.255. The van der Waals surface area contributed by atoms with E-state index in [1.807, 2.05) is 20.8 Å². The molecule has 1 aliphatic heterocycles. The molecular formula is C11H13ClN4O. The Balaban J connectivity index is 2.34. The second-order valence-electron chi connectivity index (χ2n) is 4.51. The Hall–Kier alpha value is -1.49. The monoisotopic (exact) mass is 252 g/mol. The van der Waals surface area contributed by atoms with Crippen molar-refractivity contribution >= 4 is 22.7 Å². The van der Waals surface area contributed by atoms with Crippen molar-refractivity contribution in [1.82, 2.24) is 15.0 Å². The molecule has 2 heterocycles. The largest absolute Gasteiger partial charge is 0.293 e. The fourth-order valence-corrected chi connectivity index (χ4v) is 1.96. The van der Waals surface area contributed by atoms with Crippen LogP contribution in [0.25, 0.3) is 0 Å². The van der Waals surface area contributed by atoms with E-state index >= 15 is 0 Å². The first-order chi connectivity index (χ1) is 7.94. The first-order valence-electron chi connectivity index (χ1n) is 5.29. The van der Waals surface area contributed by atoms with Gasteiger partial charge in [0.15, 0.2) is 0 Å². The number of hydrazone groups is 1. The van der Waals surface area contributed by atoms with Gasteiger partial charge in [0, 0.05) is 12.1 Å². The molecule has 1 aromatic heterocycles. The van der Waals surface area contributed by atoms with Crippen LogP contribution in [0, 0.1) is 5.92 Å². The van der Waals surface area contributed by atoms with Gasteiger partial charge in [0.2, 0.25) is 0 Å². The second kappa shape index (κ2) is 4.07. The summed E-state index contributed by atoms with van der Waals surface area (Å²) < 4.78 is 0. The highest BCUT2D eigenvalue weighted by molar-refractivity contribution is 6.66. The van der Waals surface area contributed by atoms with Gasteiger partial charge in [0.25, 0.3) is 5.91 Å². The normalized spacial score (nSPS) is 22.5. The molecule has 0 fully saturated rings. The molecule has 17 heavy (non-hydrogen) atoms. The molecule has 0 radical (unpaired) electrons. The summed E-state index contributed by atoms with van der Waals surface area (Å²) in [4.78, 5) is 19.9. The van der Waals surface area contributed by atoms with Crippen molar-refractivity contribution in [3.8, 4) is 0 Å². The maximum absolute atomic E-state index is 12.2. The summed E-state index contributed by atoms with van der Waals surface area (Å²) >= 11 is 6.00. The van der Waals surface area contributed by atoms with Crippen molar-refractivity contribution in [2.75, 3.05) is 0 Å². The van der Waals surface area contributed by atoms with Crippen LogP contribution >= 0.6 is 11.6 Å².